The second-order valence-corrected chi connectivity index (χ2v) is 7.17. The fraction of sp³-hybridized carbons (Fsp3) is 0.182. The molecule has 1 heterocycles. The van der Waals surface area contributed by atoms with Crippen molar-refractivity contribution >= 4 is 22.9 Å². The van der Waals surface area contributed by atoms with Gasteiger partial charge in [0.25, 0.3) is 0 Å². The highest BCUT2D eigenvalue weighted by atomic mass is 16.3. The van der Waals surface area contributed by atoms with Crippen molar-refractivity contribution in [2.75, 3.05) is 12.4 Å². The summed E-state index contributed by atoms with van der Waals surface area (Å²) < 4.78 is 2.06. The molecule has 0 aromatic heterocycles. The van der Waals surface area contributed by atoms with Gasteiger partial charge in [-0.2, -0.15) is 4.58 Å². The van der Waals surface area contributed by atoms with Crippen molar-refractivity contribution in [2.24, 2.45) is 0 Å². The molecule has 4 heteroatoms. The van der Waals surface area contributed by atoms with Gasteiger partial charge in [-0.05, 0) is 26.0 Å². The van der Waals surface area contributed by atoms with Gasteiger partial charge in [-0.15, -0.1) is 0 Å². The van der Waals surface area contributed by atoms with Crippen molar-refractivity contribution in [2.45, 2.75) is 19.3 Å². The van der Waals surface area contributed by atoms with Crippen molar-refractivity contribution in [3.63, 3.8) is 0 Å². The summed E-state index contributed by atoms with van der Waals surface area (Å²) in [5.74, 6) is -0.460. The lowest BCUT2D eigenvalue weighted by molar-refractivity contribution is -0.401. The molecule has 1 aliphatic heterocycles. The number of nitrogens with one attached hydrogen (secondary N) is 1. The first-order chi connectivity index (χ1) is 12.4. The molecule has 0 amide bonds. The SMILES string of the molecule is C[N+]1=C(/C=C2\C(=O)C(Nc3ccccc3)=C2[O-])C(C)(C)c2ccccc21. The van der Waals surface area contributed by atoms with E-state index in [9.17, 15) is 9.90 Å². The van der Waals surface area contributed by atoms with Gasteiger partial charge in [0.1, 0.15) is 7.05 Å². The summed E-state index contributed by atoms with van der Waals surface area (Å²) >= 11 is 0. The van der Waals surface area contributed by atoms with Gasteiger partial charge in [-0.25, -0.2) is 0 Å². The fourth-order valence-corrected chi connectivity index (χ4v) is 3.72. The van der Waals surface area contributed by atoms with Crippen molar-refractivity contribution in [1.82, 2.24) is 0 Å². The second kappa shape index (κ2) is 5.70. The van der Waals surface area contributed by atoms with Crippen molar-refractivity contribution in [3.05, 3.63) is 83.3 Å². The van der Waals surface area contributed by atoms with Gasteiger partial charge in [0.2, 0.25) is 11.5 Å². The number of hydrogen-bond donors (Lipinski definition) is 1. The van der Waals surface area contributed by atoms with Crippen LogP contribution in [-0.4, -0.2) is 23.1 Å². The molecule has 2 aliphatic rings. The lowest BCUT2D eigenvalue weighted by Gasteiger charge is -2.31. The van der Waals surface area contributed by atoms with E-state index in [-0.39, 0.29) is 28.2 Å². The Bertz CT molecular complexity index is 1010. The molecular formula is C22H20N2O2. The predicted molar refractivity (Wildman–Crippen MR) is 101 cm³/mol. The molecule has 0 saturated heterocycles. The Balaban J connectivity index is 1.70. The topological polar surface area (TPSA) is 55.2 Å². The maximum atomic E-state index is 12.5. The van der Waals surface area contributed by atoms with E-state index in [0.29, 0.717) is 0 Å². The number of para-hydroxylation sites is 2. The Morgan fingerprint density at radius 2 is 1.69 bits per heavy atom. The molecule has 0 spiro atoms. The van der Waals surface area contributed by atoms with Gasteiger partial charge in [-0.1, -0.05) is 42.2 Å². The van der Waals surface area contributed by atoms with Gasteiger partial charge in [0.15, 0.2) is 5.71 Å². The summed E-state index contributed by atoms with van der Waals surface area (Å²) in [4.78, 5) is 12.5. The number of carbonyl (C=O) groups is 1. The highest BCUT2D eigenvalue weighted by molar-refractivity contribution is 6.23. The van der Waals surface area contributed by atoms with Crippen LogP contribution in [0.25, 0.3) is 0 Å². The molecule has 1 aliphatic carbocycles. The van der Waals surface area contributed by atoms with Crippen LogP contribution in [0.3, 0.4) is 0 Å². The van der Waals surface area contributed by atoms with Crippen LogP contribution in [0.15, 0.2) is 77.7 Å². The molecule has 0 saturated carbocycles. The van der Waals surface area contributed by atoms with Crippen molar-refractivity contribution in [3.8, 4) is 0 Å². The summed E-state index contributed by atoms with van der Waals surface area (Å²) in [5.41, 5.74) is 4.11. The van der Waals surface area contributed by atoms with Gasteiger partial charge in [0, 0.05) is 29.0 Å². The second-order valence-electron chi connectivity index (χ2n) is 7.17. The summed E-state index contributed by atoms with van der Waals surface area (Å²) in [5, 5.41) is 15.5. The third-order valence-electron chi connectivity index (χ3n) is 5.21. The van der Waals surface area contributed by atoms with Gasteiger partial charge < -0.3 is 10.4 Å². The maximum Gasteiger partial charge on any atom is 0.209 e. The Hall–Kier alpha value is -3.14. The molecule has 1 N–H and O–H groups in total. The Morgan fingerprint density at radius 3 is 2.35 bits per heavy atom. The molecule has 2 aromatic rings. The number of hydrogen-bond acceptors (Lipinski definition) is 3. The Kier molecular flexibility index (Phi) is 3.58. The number of anilines is 1. The summed E-state index contributed by atoms with van der Waals surface area (Å²) in [7, 11) is 1.97. The molecular weight excluding hydrogens is 324 g/mol. The molecule has 0 radical (unpaired) electrons. The highest BCUT2D eigenvalue weighted by Crippen LogP contribution is 2.40. The average molecular weight is 344 g/mol. The molecule has 0 bridgehead atoms. The number of ketones is 1. The van der Waals surface area contributed by atoms with E-state index in [2.05, 4.69) is 35.9 Å². The van der Waals surface area contributed by atoms with Crippen LogP contribution in [0.4, 0.5) is 11.4 Å². The number of fused-ring (bicyclic) bond motifs is 1. The zero-order valence-electron chi connectivity index (χ0n) is 15.0. The van der Waals surface area contributed by atoms with E-state index in [1.165, 1.54) is 5.56 Å². The summed E-state index contributed by atoms with van der Waals surface area (Å²) in [6, 6.07) is 17.4. The molecule has 0 atom stereocenters. The molecule has 4 rings (SSSR count). The quantitative estimate of drug-likeness (QED) is 0.688. The largest absolute Gasteiger partial charge is 0.870 e. The van der Waals surface area contributed by atoms with Crippen molar-refractivity contribution < 1.29 is 14.5 Å². The average Bonchev–Trinajstić information content (AvgIpc) is 2.85. The molecule has 4 nitrogen and oxygen atoms in total. The Labute approximate surface area is 152 Å². The van der Waals surface area contributed by atoms with Gasteiger partial charge in [-0.3, -0.25) is 4.79 Å². The zero-order chi connectivity index (χ0) is 18.5. The smallest absolute Gasteiger partial charge is 0.209 e. The lowest BCUT2D eigenvalue weighted by atomic mass is 9.79. The molecule has 26 heavy (non-hydrogen) atoms. The first-order valence-electron chi connectivity index (χ1n) is 8.62. The van der Waals surface area contributed by atoms with Crippen LogP contribution in [0, 0.1) is 0 Å². The number of benzene rings is 2. The van der Waals surface area contributed by atoms with Crippen LogP contribution >= 0.6 is 0 Å². The minimum Gasteiger partial charge on any atom is -0.870 e. The van der Waals surface area contributed by atoms with E-state index in [1.54, 1.807) is 6.08 Å². The predicted octanol–water partition coefficient (Wildman–Crippen LogP) is 2.89. The number of carbonyl (C=O) groups excluding carboxylic acids is 1. The highest BCUT2D eigenvalue weighted by Gasteiger charge is 2.44. The number of nitrogens with zero attached hydrogens (tertiary/aromatic N) is 1. The van der Waals surface area contributed by atoms with Gasteiger partial charge >= 0.3 is 0 Å². The van der Waals surface area contributed by atoms with Crippen LogP contribution in [0.2, 0.25) is 0 Å². The first-order valence-corrected chi connectivity index (χ1v) is 8.62. The molecule has 0 fully saturated rings. The van der Waals surface area contributed by atoms with Crippen LogP contribution < -0.4 is 10.4 Å². The van der Waals surface area contributed by atoms with E-state index < -0.39 is 0 Å². The van der Waals surface area contributed by atoms with Crippen LogP contribution in [0.1, 0.15) is 19.4 Å². The zero-order valence-corrected chi connectivity index (χ0v) is 15.0. The lowest BCUT2D eigenvalue weighted by Crippen LogP contribution is -2.36. The molecule has 130 valence electrons. The van der Waals surface area contributed by atoms with Crippen molar-refractivity contribution in [1.29, 1.82) is 0 Å². The van der Waals surface area contributed by atoms with E-state index in [0.717, 1.165) is 17.1 Å². The molecule has 0 unspecified atom stereocenters. The standard InChI is InChI=1S/C22H20N2O2/c1-22(2)16-11-7-8-12-17(16)24(3)18(22)13-15-20(25)19(21(15)26)23-14-9-5-4-6-10-14/h4-13H,1-3H3,(H,25,26). The number of rotatable bonds is 3. The minimum atomic E-state index is -0.262. The normalized spacial score (nSPS) is 19.7. The number of Topliss-reactive ketones (excluding diaryl/α,β-unsaturated/α-hetero) is 1. The summed E-state index contributed by atoms with van der Waals surface area (Å²) in [6.07, 6.45) is 1.75. The van der Waals surface area contributed by atoms with E-state index in [1.807, 2.05) is 49.5 Å². The Morgan fingerprint density at radius 1 is 1.04 bits per heavy atom. The maximum absolute atomic E-state index is 12.5. The van der Waals surface area contributed by atoms with Gasteiger partial charge in [0.05, 0.1) is 11.1 Å². The van der Waals surface area contributed by atoms with E-state index in [4.69, 9.17) is 0 Å². The molecule has 2 aromatic carbocycles. The third-order valence-corrected chi connectivity index (χ3v) is 5.21. The number of allylic oxidation sites excluding steroid dienone is 3. The van der Waals surface area contributed by atoms with E-state index >= 15 is 0 Å². The summed E-state index contributed by atoms with van der Waals surface area (Å²) in [6.45, 7) is 4.23. The van der Waals surface area contributed by atoms with Crippen LogP contribution in [0.5, 0.6) is 0 Å². The fourth-order valence-electron chi connectivity index (χ4n) is 3.72. The van der Waals surface area contributed by atoms with Crippen LogP contribution in [-0.2, 0) is 10.2 Å². The monoisotopic (exact) mass is 344 g/mol. The first kappa shape index (κ1) is 16.3. The minimum absolute atomic E-state index is 0.138. The third kappa shape index (κ3) is 2.30.